The largest absolute Gasteiger partial charge is 0.451 e. The van der Waals surface area contributed by atoms with Crippen molar-refractivity contribution in [2.45, 2.75) is 44.4 Å². The SMILES string of the molecule is CC(C)C(=O)n1c(N)nc2c(ncn2[C@@H]2C[C@H](C(=O)OC(c3ccccc3)c3ccccc3)N(C(=O)CNC(=O)OCC3c4ccccc4-c4ccccc43)C2)c1=O. The van der Waals surface area contributed by atoms with Gasteiger partial charge in [-0.1, -0.05) is 123 Å². The van der Waals surface area contributed by atoms with Crippen molar-refractivity contribution in [3.63, 3.8) is 0 Å². The zero-order valence-electron chi connectivity index (χ0n) is 31.9. The number of fused-ring (bicyclic) bond motifs is 4. The first-order chi connectivity index (χ1) is 28.1. The van der Waals surface area contributed by atoms with Crippen molar-refractivity contribution >= 4 is 41.0 Å². The van der Waals surface area contributed by atoms with E-state index in [9.17, 15) is 24.0 Å². The highest BCUT2D eigenvalue weighted by atomic mass is 16.6. The van der Waals surface area contributed by atoms with Crippen molar-refractivity contribution in [1.29, 1.82) is 0 Å². The van der Waals surface area contributed by atoms with Gasteiger partial charge in [0.2, 0.25) is 17.8 Å². The molecule has 1 fully saturated rings. The van der Waals surface area contributed by atoms with E-state index in [0.717, 1.165) is 37.9 Å². The van der Waals surface area contributed by atoms with Gasteiger partial charge in [-0.05, 0) is 33.4 Å². The molecule has 1 saturated heterocycles. The number of nitrogens with zero attached hydrogens (tertiary/aromatic N) is 5. The number of nitrogens with one attached hydrogen (secondary N) is 1. The van der Waals surface area contributed by atoms with Crippen LogP contribution in [0.2, 0.25) is 0 Å². The third kappa shape index (κ3) is 7.08. The molecule has 2 atom stereocenters. The minimum atomic E-state index is -1.10. The van der Waals surface area contributed by atoms with Gasteiger partial charge in [0.1, 0.15) is 19.2 Å². The number of anilines is 1. The summed E-state index contributed by atoms with van der Waals surface area (Å²) < 4.78 is 14.3. The molecule has 8 rings (SSSR count). The molecule has 2 aliphatic rings. The van der Waals surface area contributed by atoms with Crippen molar-refractivity contribution < 1.29 is 28.7 Å². The van der Waals surface area contributed by atoms with Crippen LogP contribution in [0.25, 0.3) is 22.3 Å². The van der Waals surface area contributed by atoms with Crippen LogP contribution in [-0.4, -0.2) is 73.6 Å². The number of rotatable bonds is 10. The second-order valence-electron chi connectivity index (χ2n) is 14.7. The highest BCUT2D eigenvalue weighted by molar-refractivity contribution is 5.89. The van der Waals surface area contributed by atoms with Gasteiger partial charge in [0.25, 0.3) is 5.56 Å². The maximum atomic E-state index is 14.3. The predicted molar refractivity (Wildman–Crippen MR) is 215 cm³/mol. The van der Waals surface area contributed by atoms with E-state index in [-0.39, 0.29) is 42.6 Å². The molecule has 1 aliphatic heterocycles. The fourth-order valence-corrected chi connectivity index (χ4v) is 7.92. The third-order valence-corrected chi connectivity index (χ3v) is 10.8. The quantitative estimate of drug-likeness (QED) is 0.169. The number of nitrogen functional groups attached to an aromatic ring is 1. The van der Waals surface area contributed by atoms with E-state index in [2.05, 4.69) is 15.3 Å². The predicted octanol–water partition coefficient (Wildman–Crippen LogP) is 5.48. The Kier molecular flexibility index (Phi) is 10.3. The van der Waals surface area contributed by atoms with Gasteiger partial charge >= 0.3 is 12.1 Å². The second-order valence-corrected chi connectivity index (χ2v) is 14.7. The summed E-state index contributed by atoms with van der Waals surface area (Å²) in [7, 11) is 0. The van der Waals surface area contributed by atoms with Crippen LogP contribution in [0.1, 0.15) is 65.4 Å². The Morgan fingerprint density at radius 1 is 0.845 bits per heavy atom. The van der Waals surface area contributed by atoms with Crippen molar-refractivity contribution in [2.24, 2.45) is 5.92 Å². The van der Waals surface area contributed by atoms with Gasteiger partial charge < -0.3 is 30.0 Å². The smallest absolute Gasteiger partial charge is 0.407 e. The van der Waals surface area contributed by atoms with Crippen molar-refractivity contribution in [2.75, 3.05) is 25.4 Å². The minimum Gasteiger partial charge on any atom is -0.451 e. The number of imidazole rings is 1. The van der Waals surface area contributed by atoms with Crippen LogP contribution in [0.15, 0.2) is 120 Å². The summed E-state index contributed by atoms with van der Waals surface area (Å²) in [5, 5.41) is 2.57. The zero-order valence-corrected chi connectivity index (χ0v) is 31.9. The molecule has 294 valence electrons. The normalized spacial score (nSPS) is 16.0. The fourth-order valence-electron chi connectivity index (χ4n) is 7.92. The van der Waals surface area contributed by atoms with Crippen molar-refractivity contribution in [3.05, 3.63) is 148 Å². The van der Waals surface area contributed by atoms with Gasteiger partial charge in [0, 0.05) is 24.8 Å². The van der Waals surface area contributed by atoms with Gasteiger partial charge in [-0.25, -0.2) is 19.1 Å². The van der Waals surface area contributed by atoms with Gasteiger partial charge in [-0.3, -0.25) is 14.4 Å². The Labute approximate surface area is 333 Å². The number of esters is 1. The number of alkyl carbamates (subject to hydrolysis) is 1. The number of nitrogens with two attached hydrogens (primary N) is 1. The lowest BCUT2D eigenvalue weighted by molar-refractivity contribution is -0.156. The highest BCUT2D eigenvalue weighted by Gasteiger charge is 2.43. The molecule has 0 radical (unpaired) electrons. The van der Waals surface area contributed by atoms with Crippen LogP contribution >= 0.6 is 0 Å². The summed E-state index contributed by atoms with van der Waals surface area (Å²) in [5.74, 6) is -2.76. The van der Waals surface area contributed by atoms with Gasteiger partial charge in [-0.2, -0.15) is 4.98 Å². The number of benzene rings is 4. The van der Waals surface area contributed by atoms with E-state index in [1.54, 1.807) is 18.4 Å². The molecule has 0 bridgehead atoms. The molecule has 4 aromatic carbocycles. The van der Waals surface area contributed by atoms with E-state index in [4.69, 9.17) is 15.2 Å². The Balaban J connectivity index is 1.04. The van der Waals surface area contributed by atoms with Crippen molar-refractivity contribution in [3.8, 4) is 11.1 Å². The van der Waals surface area contributed by atoms with Gasteiger partial charge in [-0.15, -0.1) is 0 Å². The molecule has 0 unspecified atom stereocenters. The standard InChI is InChI=1S/C44H41N7O7/c1-26(2)40(53)51-41(54)37-39(48-43(51)45)50(25-47-37)29-21-35(42(55)58-38(27-13-5-3-6-14-27)28-15-7-4-8-16-28)49(23-29)36(52)22-46-44(56)57-24-34-32-19-11-9-17-30(32)31-18-10-12-20-33(31)34/h3-20,25-26,29,34-35,38H,21-24H2,1-2H3,(H2,45,48)(H,46,56)/t29-,35-/m1/s1. The van der Waals surface area contributed by atoms with Gasteiger partial charge in [0.15, 0.2) is 17.3 Å². The Morgan fingerprint density at radius 3 is 2.03 bits per heavy atom. The Bertz CT molecular complexity index is 2500. The minimum absolute atomic E-state index is 0.0205. The molecule has 2 amide bonds. The molecular weight excluding hydrogens is 739 g/mol. The molecule has 14 heteroatoms. The van der Waals surface area contributed by atoms with E-state index in [1.807, 2.05) is 109 Å². The number of ether oxygens (including phenoxy) is 2. The maximum Gasteiger partial charge on any atom is 0.407 e. The fraction of sp³-hybridized carbons (Fsp3) is 0.250. The van der Waals surface area contributed by atoms with Crippen LogP contribution in [0.5, 0.6) is 0 Å². The topological polar surface area (TPSA) is 181 Å². The molecular formula is C44H41N7O7. The molecule has 1 aliphatic carbocycles. The first kappa shape index (κ1) is 37.8. The highest BCUT2D eigenvalue weighted by Crippen LogP contribution is 2.44. The summed E-state index contributed by atoms with van der Waals surface area (Å²) >= 11 is 0. The molecule has 0 spiro atoms. The Hall–Kier alpha value is -7.09. The second kappa shape index (κ2) is 15.8. The number of aromatic nitrogens is 4. The van der Waals surface area contributed by atoms with E-state index in [1.165, 1.54) is 11.2 Å². The van der Waals surface area contributed by atoms with Crippen LogP contribution in [-0.2, 0) is 19.1 Å². The monoisotopic (exact) mass is 779 g/mol. The molecule has 3 heterocycles. The third-order valence-electron chi connectivity index (χ3n) is 10.8. The average Bonchev–Trinajstić information content (AvgIpc) is 3.96. The molecule has 0 saturated carbocycles. The van der Waals surface area contributed by atoms with Gasteiger partial charge in [0.05, 0.1) is 12.4 Å². The molecule has 3 N–H and O–H groups in total. The number of carbonyl (C=O) groups is 4. The van der Waals surface area contributed by atoms with Crippen LogP contribution in [0, 0.1) is 5.92 Å². The lowest BCUT2D eigenvalue weighted by Gasteiger charge is -2.26. The number of hydrogen-bond donors (Lipinski definition) is 2. The lowest BCUT2D eigenvalue weighted by atomic mass is 9.98. The first-order valence-corrected chi connectivity index (χ1v) is 19.1. The van der Waals surface area contributed by atoms with E-state index >= 15 is 0 Å². The summed E-state index contributed by atoms with van der Waals surface area (Å²) in [6.07, 6.45) is -0.120. The number of likely N-dealkylation sites (tertiary alicyclic amines) is 1. The summed E-state index contributed by atoms with van der Waals surface area (Å²) in [6, 6.07) is 32.8. The number of carbonyl (C=O) groups excluding carboxylic acids is 4. The number of hydrogen-bond acceptors (Lipinski definition) is 10. The summed E-state index contributed by atoms with van der Waals surface area (Å²) in [4.78, 5) is 77.7. The molecule has 6 aromatic rings. The van der Waals surface area contributed by atoms with Crippen molar-refractivity contribution in [1.82, 2.24) is 29.3 Å². The molecule has 2 aromatic heterocycles. The Morgan fingerprint density at radius 2 is 1.43 bits per heavy atom. The van der Waals surface area contributed by atoms with E-state index < -0.39 is 60.1 Å². The maximum absolute atomic E-state index is 14.3. The summed E-state index contributed by atoms with van der Waals surface area (Å²) in [5.41, 5.74) is 11.2. The van der Waals surface area contributed by atoms with E-state index in [0.29, 0.717) is 0 Å². The average molecular weight is 780 g/mol. The number of amides is 2. The van der Waals surface area contributed by atoms with Crippen LogP contribution in [0.3, 0.4) is 0 Å². The lowest BCUT2D eigenvalue weighted by Crippen LogP contribution is -2.46. The molecule has 58 heavy (non-hydrogen) atoms. The zero-order chi connectivity index (χ0) is 40.5. The van der Waals surface area contributed by atoms with Crippen LogP contribution < -0.4 is 16.6 Å². The summed E-state index contributed by atoms with van der Waals surface area (Å²) in [6.45, 7) is 2.86. The first-order valence-electron chi connectivity index (χ1n) is 19.1. The van der Waals surface area contributed by atoms with Crippen LogP contribution in [0.4, 0.5) is 10.7 Å². The molecule has 14 nitrogen and oxygen atoms in total.